The van der Waals surface area contributed by atoms with Crippen molar-refractivity contribution in [2.24, 2.45) is 0 Å². The van der Waals surface area contributed by atoms with E-state index in [4.69, 9.17) is 9.47 Å². The Bertz CT molecular complexity index is 1010. The highest BCUT2D eigenvalue weighted by Gasteiger charge is 2.26. The number of ether oxygens (including phenoxy) is 2. The zero-order valence-electron chi connectivity index (χ0n) is 15.1. The van der Waals surface area contributed by atoms with Crippen LogP contribution in [-0.2, 0) is 0 Å². The van der Waals surface area contributed by atoms with Gasteiger partial charge in [-0.2, -0.15) is 4.98 Å². The summed E-state index contributed by atoms with van der Waals surface area (Å²) in [6.45, 7) is 4.13. The largest absolute Gasteiger partial charge is 0.490 e. The molecule has 0 saturated heterocycles. The molecule has 6 nitrogen and oxygen atoms in total. The molecule has 142 valence electrons. The summed E-state index contributed by atoms with van der Waals surface area (Å²) in [6, 6.07) is 13.7. The molecule has 0 radical (unpaired) electrons. The Hall–Kier alpha value is -2.58. The van der Waals surface area contributed by atoms with Gasteiger partial charge in [-0.3, -0.25) is 0 Å². The maximum atomic E-state index is 6.22. The standard InChI is InChI=1S/C20H17BrN4O2S/c1-3-10-26-14-7-4-12(5-8-14)18-22-16-9-6-13(21)11-15(16)17-19(27-18)23-20(28-2)25-24-17/h3-9,11,18,22H,1,10H2,2H3/t18-/m1/s1. The van der Waals surface area contributed by atoms with Gasteiger partial charge in [0.2, 0.25) is 11.0 Å². The molecule has 1 N–H and O–H groups in total. The average molecular weight is 457 g/mol. The lowest BCUT2D eigenvalue weighted by Gasteiger charge is -2.19. The summed E-state index contributed by atoms with van der Waals surface area (Å²) in [4.78, 5) is 4.53. The van der Waals surface area contributed by atoms with Gasteiger partial charge in [0, 0.05) is 21.3 Å². The minimum absolute atomic E-state index is 0.430. The van der Waals surface area contributed by atoms with Gasteiger partial charge >= 0.3 is 0 Å². The fourth-order valence-corrected chi connectivity index (χ4v) is 3.46. The monoisotopic (exact) mass is 456 g/mol. The van der Waals surface area contributed by atoms with Gasteiger partial charge < -0.3 is 14.8 Å². The fourth-order valence-electron chi connectivity index (χ4n) is 2.80. The predicted octanol–water partition coefficient (Wildman–Crippen LogP) is 5.09. The highest BCUT2D eigenvalue weighted by atomic mass is 79.9. The summed E-state index contributed by atoms with van der Waals surface area (Å²) >= 11 is 4.94. The zero-order chi connectivity index (χ0) is 19.5. The second-order valence-corrected chi connectivity index (χ2v) is 7.64. The van der Waals surface area contributed by atoms with Crippen LogP contribution in [0.1, 0.15) is 11.8 Å². The highest BCUT2D eigenvalue weighted by molar-refractivity contribution is 9.10. The smallest absolute Gasteiger partial charge is 0.247 e. The molecule has 1 atom stereocenters. The molecule has 0 aliphatic carbocycles. The molecule has 2 aromatic carbocycles. The lowest BCUT2D eigenvalue weighted by atomic mass is 10.1. The van der Waals surface area contributed by atoms with Crippen LogP contribution >= 0.6 is 27.7 Å². The number of fused-ring (bicyclic) bond motifs is 3. The molecule has 0 bridgehead atoms. The second-order valence-electron chi connectivity index (χ2n) is 5.95. The quantitative estimate of drug-likeness (QED) is 0.423. The van der Waals surface area contributed by atoms with Crippen molar-refractivity contribution in [2.75, 3.05) is 18.2 Å². The van der Waals surface area contributed by atoms with Gasteiger partial charge in [-0.1, -0.05) is 40.3 Å². The molecule has 28 heavy (non-hydrogen) atoms. The molecule has 4 rings (SSSR count). The van der Waals surface area contributed by atoms with Crippen LogP contribution in [0.5, 0.6) is 11.6 Å². The van der Waals surface area contributed by atoms with Gasteiger partial charge in [0.25, 0.3) is 0 Å². The van der Waals surface area contributed by atoms with Crippen molar-refractivity contribution in [3.63, 3.8) is 0 Å². The van der Waals surface area contributed by atoms with Crippen molar-refractivity contribution in [1.82, 2.24) is 15.2 Å². The maximum absolute atomic E-state index is 6.22. The molecule has 0 saturated carbocycles. The van der Waals surface area contributed by atoms with Crippen molar-refractivity contribution < 1.29 is 9.47 Å². The van der Waals surface area contributed by atoms with E-state index in [-0.39, 0.29) is 0 Å². The van der Waals surface area contributed by atoms with E-state index in [1.165, 1.54) is 11.8 Å². The Kier molecular flexibility index (Phi) is 5.50. The molecule has 3 aromatic rings. The van der Waals surface area contributed by atoms with E-state index in [1.807, 2.05) is 48.7 Å². The average Bonchev–Trinajstić information content (AvgIpc) is 2.88. The number of halogens is 1. The number of hydrogen-bond donors (Lipinski definition) is 1. The van der Waals surface area contributed by atoms with Crippen molar-refractivity contribution in [3.8, 4) is 22.9 Å². The van der Waals surface area contributed by atoms with E-state index in [1.54, 1.807) is 6.08 Å². The topological polar surface area (TPSA) is 69.2 Å². The zero-order valence-corrected chi connectivity index (χ0v) is 17.5. The Labute approximate surface area is 175 Å². The highest BCUT2D eigenvalue weighted by Crippen LogP contribution is 2.40. The summed E-state index contributed by atoms with van der Waals surface area (Å²) in [7, 11) is 0. The lowest BCUT2D eigenvalue weighted by Crippen LogP contribution is -2.17. The number of rotatable bonds is 5. The minimum Gasteiger partial charge on any atom is -0.490 e. The van der Waals surface area contributed by atoms with Crippen molar-refractivity contribution in [1.29, 1.82) is 0 Å². The van der Waals surface area contributed by atoms with E-state index >= 15 is 0 Å². The molecule has 2 heterocycles. The molecule has 1 aromatic heterocycles. The first-order chi connectivity index (χ1) is 13.7. The molecular formula is C20H17BrN4O2S. The van der Waals surface area contributed by atoms with Crippen molar-refractivity contribution in [3.05, 3.63) is 65.2 Å². The van der Waals surface area contributed by atoms with Gasteiger partial charge in [-0.15, -0.1) is 10.2 Å². The molecule has 8 heteroatoms. The third-order valence-corrected chi connectivity index (χ3v) is 5.15. The van der Waals surface area contributed by atoms with Crippen LogP contribution in [0, 0.1) is 0 Å². The molecule has 0 amide bonds. The van der Waals surface area contributed by atoms with Gasteiger partial charge in [0.1, 0.15) is 12.4 Å². The SMILES string of the molecule is C=CCOc1ccc([C@@H]2Nc3ccc(Br)cc3-c3nnc(SC)nc3O2)cc1. The van der Waals surface area contributed by atoms with E-state index in [2.05, 4.69) is 43.0 Å². The number of nitrogens with one attached hydrogen (secondary N) is 1. The number of nitrogens with zero attached hydrogens (tertiary/aromatic N) is 3. The van der Waals surface area contributed by atoms with Crippen LogP contribution < -0.4 is 14.8 Å². The van der Waals surface area contributed by atoms with Crippen LogP contribution in [0.2, 0.25) is 0 Å². The summed E-state index contributed by atoms with van der Waals surface area (Å²) in [6.07, 6.45) is 3.19. The number of aromatic nitrogens is 3. The molecule has 1 aliphatic rings. The van der Waals surface area contributed by atoms with Gasteiger partial charge in [0.05, 0.1) is 0 Å². The van der Waals surface area contributed by atoms with Crippen LogP contribution in [0.4, 0.5) is 5.69 Å². The summed E-state index contributed by atoms with van der Waals surface area (Å²) < 4.78 is 12.7. The molecular weight excluding hydrogens is 440 g/mol. The summed E-state index contributed by atoms with van der Waals surface area (Å²) in [5, 5.41) is 12.5. The Morgan fingerprint density at radius 1 is 1.25 bits per heavy atom. The number of thioether (sulfide) groups is 1. The first-order valence-corrected chi connectivity index (χ1v) is 10.5. The molecule has 0 unspecified atom stereocenters. The van der Waals surface area contributed by atoms with E-state index in [0.717, 1.165) is 27.0 Å². The van der Waals surface area contributed by atoms with Gasteiger partial charge in [-0.05, 0) is 48.7 Å². The third-order valence-electron chi connectivity index (χ3n) is 4.12. The normalized spacial score (nSPS) is 14.7. The minimum atomic E-state index is -0.430. The van der Waals surface area contributed by atoms with E-state index < -0.39 is 6.23 Å². The fraction of sp³-hybridized carbons (Fsp3) is 0.150. The summed E-state index contributed by atoms with van der Waals surface area (Å²) in [5.74, 6) is 1.22. The van der Waals surface area contributed by atoms with Crippen LogP contribution in [0.3, 0.4) is 0 Å². The van der Waals surface area contributed by atoms with Crippen LogP contribution in [-0.4, -0.2) is 28.0 Å². The van der Waals surface area contributed by atoms with Gasteiger partial charge in [-0.25, -0.2) is 0 Å². The first kappa shape index (κ1) is 18.8. The number of benzene rings is 2. The second kappa shape index (κ2) is 8.20. The first-order valence-electron chi connectivity index (χ1n) is 8.53. The maximum Gasteiger partial charge on any atom is 0.247 e. The molecule has 0 spiro atoms. The van der Waals surface area contributed by atoms with Crippen LogP contribution in [0.15, 0.2) is 64.7 Å². The number of anilines is 1. The Morgan fingerprint density at radius 3 is 2.82 bits per heavy atom. The molecule has 0 fully saturated rings. The summed E-state index contributed by atoms with van der Waals surface area (Å²) in [5.41, 5.74) is 3.32. The Morgan fingerprint density at radius 2 is 2.07 bits per heavy atom. The van der Waals surface area contributed by atoms with Crippen molar-refractivity contribution >= 4 is 33.4 Å². The molecule has 1 aliphatic heterocycles. The third kappa shape index (κ3) is 3.83. The van der Waals surface area contributed by atoms with E-state index in [9.17, 15) is 0 Å². The predicted molar refractivity (Wildman–Crippen MR) is 114 cm³/mol. The number of hydrogen-bond acceptors (Lipinski definition) is 7. The lowest BCUT2D eigenvalue weighted by molar-refractivity contribution is 0.225. The van der Waals surface area contributed by atoms with E-state index in [0.29, 0.717) is 23.3 Å². The van der Waals surface area contributed by atoms with Crippen molar-refractivity contribution in [2.45, 2.75) is 11.4 Å². The Balaban J connectivity index is 1.74. The van der Waals surface area contributed by atoms with Crippen LogP contribution in [0.25, 0.3) is 11.3 Å². The van der Waals surface area contributed by atoms with Gasteiger partial charge in [0.15, 0.2) is 11.9 Å².